The van der Waals surface area contributed by atoms with E-state index in [1.165, 1.54) is 11.0 Å². The van der Waals surface area contributed by atoms with Crippen molar-refractivity contribution >= 4 is 29.4 Å². The molecule has 0 aliphatic carbocycles. The Morgan fingerprint density at radius 3 is 2.74 bits per heavy atom. The first-order valence-corrected chi connectivity index (χ1v) is 13.4. The van der Waals surface area contributed by atoms with Crippen LogP contribution in [-0.2, 0) is 20.9 Å². The average molecular weight is 541 g/mol. The highest BCUT2D eigenvalue weighted by atomic mass is 32.1. The number of aromatic nitrogens is 2. The molecular weight excluding hydrogens is 508 g/mol. The zero-order valence-corrected chi connectivity index (χ0v) is 22.4. The van der Waals surface area contributed by atoms with E-state index in [0.29, 0.717) is 12.3 Å². The van der Waals surface area contributed by atoms with Crippen LogP contribution in [0.2, 0.25) is 0 Å². The lowest BCUT2D eigenvalue weighted by Crippen LogP contribution is -2.48. The molecule has 1 aliphatic rings. The number of nitrogens with one attached hydrogen (secondary N) is 1. The number of thiazole rings is 1. The van der Waals surface area contributed by atoms with Crippen molar-refractivity contribution in [3.8, 4) is 16.3 Å². The van der Waals surface area contributed by atoms with Crippen LogP contribution in [0.3, 0.4) is 0 Å². The van der Waals surface area contributed by atoms with Crippen LogP contribution in [0.15, 0.2) is 40.4 Å². The molecule has 2 aromatic heterocycles. The number of hydrogen-bond acceptors (Lipinski definition) is 9. The molecule has 1 aromatic carbocycles. The fourth-order valence-electron chi connectivity index (χ4n) is 4.58. The molecule has 0 radical (unpaired) electrons. The van der Waals surface area contributed by atoms with Crippen molar-refractivity contribution < 1.29 is 28.8 Å². The molecule has 1 fully saturated rings. The zero-order valence-electron chi connectivity index (χ0n) is 21.6. The number of amides is 2. The smallest absolute Gasteiger partial charge is 0.254 e. The van der Waals surface area contributed by atoms with Gasteiger partial charge in [-0.1, -0.05) is 38.1 Å². The van der Waals surface area contributed by atoms with Gasteiger partial charge in [0, 0.05) is 32.0 Å². The molecule has 1 saturated heterocycles. The molecule has 3 aromatic rings. The van der Waals surface area contributed by atoms with Crippen LogP contribution in [0.4, 0.5) is 0 Å². The molecular formula is C27H32N4O6S. The van der Waals surface area contributed by atoms with Crippen molar-refractivity contribution in [1.29, 1.82) is 0 Å². The lowest BCUT2D eigenvalue weighted by atomic mass is 9.91. The van der Waals surface area contributed by atoms with E-state index in [2.05, 4.69) is 15.5 Å². The molecule has 3 atom stereocenters. The number of β-amino-alcohol motifs (C(OH)–C–C–N with tert-alkyl or cyclic N) is 1. The largest absolute Gasteiger partial charge is 0.475 e. The van der Waals surface area contributed by atoms with E-state index in [1.54, 1.807) is 11.3 Å². The molecule has 0 spiro atoms. The molecule has 4 rings (SSSR count). The molecule has 1 aliphatic heterocycles. The summed E-state index contributed by atoms with van der Waals surface area (Å²) in [7, 11) is 0. The van der Waals surface area contributed by atoms with Gasteiger partial charge in [0.2, 0.25) is 11.8 Å². The lowest BCUT2D eigenvalue weighted by molar-refractivity contribution is -0.141. The quantitative estimate of drug-likeness (QED) is 0.280. The molecule has 10 nitrogen and oxygen atoms in total. The molecule has 202 valence electrons. The van der Waals surface area contributed by atoms with Crippen LogP contribution >= 0.6 is 11.3 Å². The maximum absolute atomic E-state index is 13.6. The first-order chi connectivity index (χ1) is 18.3. The number of nitrogens with zero attached hydrogens (tertiary/aromatic N) is 3. The minimum absolute atomic E-state index is 0.0554. The standard InChI is InChI=1S/C27H32N4O6S/c1-16(2)24(22-12-23(30-37-22)36-10-4-9-32)27(35)31-14-20(33)11-21(31)26(34)28-13-18-5-7-19(8-6-18)25-17(3)29-15-38-25/h5-9,12,15-16,20-21,24,33H,4,10-11,13-14H2,1-3H3,(H,28,34)/t20-,21+,24?/m1/s1. The Kier molecular flexibility index (Phi) is 8.90. The number of carbonyl (C=O) groups is 3. The molecule has 2 N–H and O–H groups in total. The van der Waals surface area contributed by atoms with Crippen molar-refractivity contribution in [2.75, 3.05) is 13.2 Å². The fraction of sp³-hybridized carbons (Fsp3) is 0.444. The number of likely N-dealkylation sites (tertiary alicyclic amines) is 1. The van der Waals surface area contributed by atoms with Crippen molar-refractivity contribution in [3.05, 3.63) is 52.9 Å². The van der Waals surface area contributed by atoms with E-state index in [-0.39, 0.29) is 49.6 Å². The number of carbonyl (C=O) groups excluding carboxylic acids is 3. The van der Waals surface area contributed by atoms with Gasteiger partial charge in [0.1, 0.15) is 18.2 Å². The number of hydrogen-bond donors (Lipinski definition) is 2. The summed E-state index contributed by atoms with van der Waals surface area (Å²) in [6, 6.07) is 8.64. The predicted molar refractivity (Wildman–Crippen MR) is 141 cm³/mol. The Balaban J connectivity index is 1.41. The van der Waals surface area contributed by atoms with Crippen LogP contribution < -0.4 is 10.1 Å². The van der Waals surface area contributed by atoms with E-state index in [9.17, 15) is 19.5 Å². The van der Waals surface area contributed by atoms with Crippen molar-refractivity contribution in [3.63, 3.8) is 0 Å². The summed E-state index contributed by atoms with van der Waals surface area (Å²) in [5.41, 5.74) is 4.79. The van der Waals surface area contributed by atoms with Gasteiger partial charge in [0.15, 0.2) is 5.76 Å². The third-order valence-electron chi connectivity index (χ3n) is 6.52. The third-order valence-corrected chi connectivity index (χ3v) is 7.50. The number of aldehydes is 1. The van der Waals surface area contributed by atoms with Gasteiger partial charge >= 0.3 is 0 Å². The SMILES string of the molecule is Cc1ncsc1-c1ccc(CNC(=O)[C@@H]2C[C@@H](O)CN2C(=O)C(c2cc(OCCC=O)no2)C(C)C)cc1. The molecule has 11 heteroatoms. The van der Waals surface area contributed by atoms with E-state index in [0.717, 1.165) is 28.0 Å². The summed E-state index contributed by atoms with van der Waals surface area (Å²) in [6.45, 7) is 6.22. The second-order valence-corrected chi connectivity index (χ2v) is 10.5. The van der Waals surface area contributed by atoms with Crippen LogP contribution in [-0.4, -0.2) is 63.5 Å². The number of ether oxygens (including phenoxy) is 1. The summed E-state index contributed by atoms with van der Waals surface area (Å²) >= 11 is 1.58. The van der Waals surface area contributed by atoms with Crippen molar-refractivity contribution in [2.24, 2.45) is 5.92 Å². The van der Waals surface area contributed by atoms with Crippen molar-refractivity contribution in [1.82, 2.24) is 20.4 Å². The third kappa shape index (κ3) is 6.28. The first kappa shape index (κ1) is 27.5. The van der Waals surface area contributed by atoms with Crippen LogP contribution in [0.1, 0.15) is 49.6 Å². The maximum Gasteiger partial charge on any atom is 0.254 e. The van der Waals surface area contributed by atoms with E-state index in [4.69, 9.17) is 9.26 Å². The Labute approximate surface area is 225 Å². The summed E-state index contributed by atoms with van der Waals surface area (Å²) in [6.07, 6.45) is 0.306. The van der Waals surface area contributed by atoms with Crippen LogP contribution in [0, 0.1) is 12.8 Å². The zero-order chi connectivity index (χ0) is 27.2. The topological polar surface area (TPSA) is 135 Å². The Bertz CT molecular complexity index is 1250. The number of aliphatic hydroxyl groups excluding tert-OH is 1. The van der Waals surface area contributed by atoms with Crippen molar-refractivity contribution in [2.45, 2.75) is 58.2 Å². The summed E-state index contributed by atoms with van der Waals surface area (Å²) in [5, 5.41) is 17.1. The van der Waals surface area contributed by atoms with E-state index in [1.807, 2.05) is 50.5 Å². The monoisotopic (exact) mass is 540 g/mol. The Hall–Kier alpha value is -3.57. The molecule has 0 saturated carbocycles. The highest BCUT2D eigenvalue weighted by molar-refractivity contribution is 7.13. The summed E-state index contributed by atoms with van der Waals surface area (Å²) in [5.74, 6) is -1.03. The fourth-order valence-corrected chi connectivity index (χ4v) is 5.39. The maximum atomic E-state index is 13.6. The summed E-state index contributed by atoms with van der Waals surface area (Å²) in [4.78, 5) is 44.1. The van der Waals surface area contributed by atoms with Gasteiger partial charge in [0.05, 0.1) is 28.8 Å². The van der Waals surface area contributed by atoms with Crippen LogP contribution in [0.5, 0.6) is 5.88 Å². The first-order valence-electron chi connectivity index (χ1n) is 12.6. The minimum atomic E-state index is -0.804. The van der Waals surface area contributed by atoms with Gasteiger partial charge in [-0.05, 0) is 29.1 Å². The number of aryl methyl sites for hydroxylation is 1. The summed E-state index contributed by atoms with van der Waals surface area (Å²) < 4.78 is 10.8. The van der Waals surface area contributed by atoms with Gasteiger partial charge < -0.3 is 29.4 Å². The second kappa shape index (κ2) is 12.3. The molecule has 1 unspecified atom stereocenters. The second-order valence-electron chi connectivity index (χ2n) is 9.67. The number of aliphatic hydroxyl groups is 1. The predicted octanol–water partition coefficient (Wildman–Crippen LogP) is 3.09. The molecule has 0 bridgehead atoms. The van der Waals surface area contributed by atoms with E-state index >= 15 is 0 Å². The van der Waals surface area contributed by atoms with E-state index < -0.39 is 18.1 Å². The lowest BCUT2D eigenvalue weighted by Gasteiger charge is -2.28. The van der Waals surface area contributed by atoms with Gasteiger partial charge in [-0.25, -0.2) is 4.98 Å². The average Bonchev–Trinajstić information content (AvgIpc) is 3.63. The molecule has 2 amide bonds. The molecule has 38 heavy (non-hydrogen) atoms. The highest BCUT2D eigenvalue weighted by Gasteiger charge is 2.43. The van der Waals surface area contributed by atoms with Gasteiger partial charge in [0.25, 0.3) is 5.88 Å². The van der Waals surface area contributed by atoms with Gasteiger partial charge in [-0.3, -0.25) is 9.59 Å². The Morgan fingerprint density at radius 2 is 2.08 bits per heavy atom. The van der Waals surface area contributed by atoms with Gasteiger partial charge in [-0.15, -0.1) is 11.3 Å². The molecule has 3 heterocycles. The van der Waals surface area contributed by atoms with Crippen LogP contribution in [0.25, 0.3) is 10.4 Å². The number of benzene rings is 1. The highest BCUT2D eigenvalue weighted by Crippen LogP contribution is 2.32. The Morgan fingerprint density at radius 1 is 1.32 bits per heavy atom. The normalized spacial score (nSPS) is 18.0. The van der Waals surface area contributed by atoms with Gasteiger partial charge in [-0.2, -0.15) is 0 Å². The minimum Gasteiger partial charge on any atom is -0.475 e. The number of rotatable bonds is 11.